The van der Waals surface area contributed by atoms with Crippen LogP contribution in [-0.2, 0) is 4.79 Å². The lowest BCUT2D eigenvalue weighted by Gasteiger charge is -2.16. The molecule has 2 aromatic carbocycles. The molecule has 138 valence electrons. The maximum absolute atomic E-state index is 12.3. The van der Waals surface area contributed by atoms with E-state index in [4.69, 9.17) is 16.6 Å². The Balaban J connectivity index is 1.59. The number of carbonyl (C=O) groups excluding carboxylic acids is 1. The Kier molecular flexibility index (Phi) is 5.21. The summed E-state index contributed by atoms with van der Waals surface area (Å²) in [6, 6.07) is 15.4. The Hall–Kier alpha value is -2.66. The Morgan fingerprint density at radius 2 is 1.78 bits per heavy atom. The summed E-state index contributed by atoms with van der Waals surface area (Å²) in [4.78, 5) is 23.6. The van der Waals surface area contributed by atoms with Crippen LogP contribution in [0.2, 0.25) is 5.02 Å². The standard InChI is InChI=1S/C21H21ClN4O/c22-17-9-3-1-7-15(17)21-24-18-10-4-2-8-16(18)20(25-21)23-12-11-19(27)26-13-5-6-14-26/h1-4,7-10H,5-6,11-14H2,(H,23,24,25). The van der Waals surface area contributed by atoms with Crippen molar-refractivity contribution in [3.05, 3.63) is 53.6 Å². The average molecular weight is 381 g/mol. The number of rotatable bonds is 5. The molecule has 27 heavy (non-hydrogen) atoms. The van der Waals surface area contributed by atoms with Crippen molar-refractivity contribution < 1.29 is 4.79 Å². The van der Waals surface area contributed by atoms with Gasteiger partial charge in [-0.1, -0.05) is 35.9 Å². The summed E-state index contributed by atoms with van der Waals surface area (Å²) in [6.45, 7) is 2.30. The fourth-order valence-electron chi connectivity index (χ4n) is 3.39. The number of nitrogens with zero attached hydrogens (tertiary/aromatic N) is 3. The minimum atomic E-state index is 0.199. The molecule has 0 spiro atoms. The van der Waals surface area contributed by atoms with Crippen molar-refractivity contribution in [2.45, 2.75) is 19.3 Å². The highest BCUT2D eigenvalue weighted by molar-refractivity contribution is 6.33. The summed E-state index contributed by atoms with van der Waals surface area (Å²) in [5.41, 5.74) is 1.64. The molecule has 0 unspecified atom stereocenters. The highest BCUT2D eigenvalue weighted by atomic mass is 35.5. The van der Waals surface area contributed by atoms with E-state index in [2.05, 4.69) is 10.3 Å². The number of carbonyl (C=O) groups is 1. The molecule has 1 aliphatic rings. The summed E-state index contributed by atoms with van der Waals surface area (Å²) in [5, 5.41) is 4.88. The molecule has 0 bridgehead atoms. The summed E-state index contributed by atoms with van der Waals surface area (Å²) >= 11 is 6.33. The van der Waals surface area contributed by atoms with Crippen LogP contribution < -0.4 is 5.32 Å². The number of benzene rings is 2. The molecule has 1 aromatic heterocycles. The van der Waals surface area contributed by atoms with Gasteiger partial charge in [0.2, 0.25) is 5.91 Å². The van der Waals surface area contributed by atoms with Gasteiger partial charge in [-0.3, -0.25) is 4.79 Å². The van der Waals surface area contributed by atoms with Crippen molar-refractivity contribution >= 4 is 34.2 Å². The lowest BCUT2D eigenvalue weighted by molar-refractivity contribution is -0.129. The maximum atomic E-state index is 12.3. The molecular weight excluding hydrogens is 360 g/mol. The van der Waals surface area contributed by atoms with Crippen molar-refractivity contribution in [1.29, 1.82) is 0 Å². The van der Waals surface area contributed by atoms with Gasteiger partial charge in [-0.05, 0) is 37.1 Å². The van der Waals surface area contributed by atoms with Gasteiger partial charge in [0, 0.05) is 37.0 Å². The number of anilines is 1. The molecule has 1 amide bonds. The van der Waals surface area contributed by atoms with Crippen LogP contribution in [0.25, 0.3) is 22.3 Å². The quantitative estimate of drug-likeness (QED) is 0.713. The molecule has 5 nitrogen and oxygen atoms in total. The lowest BCUT2D eigenvalue weighted by atomic mass is 10.2. The third-order valence-corrected chi connectivity index (χ3v) is 5.14. The fourth-order valence-corrected chi connectivity index (χ4v) is 3.61. The molecule has 0 saturated carbocycles. The van der Waals surface area contributed by atoms with Gasteiger partial charge in [-0.2, -0.15) is 0 Å². The van der Waals surface area contributed by atoms with Crippen molar-refractivity contribution in [2.75, 3.05) is 25.0 Å². The molecule has 1 fully saturated rings. The van der Waals surface area contributed by atoms with Crippen LogP contribution in [-0.4, -0.2) is 40.4 Å². The topological polar surface area (TPSA) is 58.1 Å². The number of nitrogens with one attached hydrogen (secondary N) is 1. The Morgan fingerprint density at radius 3 is 2.59 bits per heavy atom. The van der Waals surface area contributed by atoms with E-state index in [1.807, 2.05) is 53.4 Å². The van der Waals surface area contributed by atoms with E-state index in [1.165, 1.54) is 0 Å². The van der Waals surface area contributed by atoms with Crippen molar-refractivity contribution in [3.63, 3.8) is 0 Å². The maximum Gasteiger partial charge on any atom is 0.224 e. The molecule has 0 radical (unpaired) electrons. The van der Waals surface area contributed by atoms with E-state index in [0.29, 0.717) is 23.8 Å². The number of amides is 1. The number of hydrogen-bond donors (Lipinski definition) is 1. The van der Waals surface area contributed by atoms with Crippen LogP contribution in [0, 0.1) is 0 Å². The number of para-hydroxylation sites is 1. The average Bonchev–Trinajstić information content (AvgIpc) is 3.23. The van der Waals surface area contributed by atoms with Gasteiger partial charge in [-0.15, -0.1) is 0 Å². The first-order valence-corrected chi connectivity index (χ1v) is 9.63. The smallest absolute Gasteiger partial charge is 0.224 e. The van der Waals surface area contributed by atoms with E-state index >= 15 is 0 Å². The second-order valence-electron chi connectivity index (χ2n) is 6.66. The predicted molar refractivity (Wildman–Crippen MR) is 109 cm³/mol. The Bertz CT molecular complexity index is 969. The summed E-state index contributed by atoms with van der Waals surface area (Å²) < 4.78 is 0. The summed E-state index contributed by atoms with van der Waals surface area (Å²) in [6.07, 6.45) is 2.67. The Labute approximate surface area is 163 Å². The van der Waals surface area contributed by atoms with E-state index < -0.39 is 0 Å². The van der Waals surface area contributed by atoms with Crippen LogP contribution in [0.5, 0.6) is 0 Å². The van der Waals surface area contributed by atoms with Gasteiger partial charge in [0.15, 0.2) is 5.82 Å². The lowest BCUT2D eigenvalue weighted by Crippen LogP contribution is -2.29. The van der Waals surface area contributed by atoms with Gasteiger partial charge < -0.3 is 10.2 Å². The third kappa shape index (κ3) is 3.88. The first-order valence-electron chi connectivity index (χ1n) is 9.26. The number of halogens is 1. The van der Waals surface area contributed by atoms with Crippen LogP contribution in [0.1, 0.15) is 19.3 Å². The SMILES string of the molecule is O=C(CCNc1nc(-c2ccccc2Cl)nc2ccccc12)N1CCCC1. The minimum absolute atomic E-state index is 0.199. The van der Waals surface area contributed by atoms with Gasteiger partial charge >= 0.3 is 0 Å². The molecule has 4 rings (SSSR count). The molecule has 3 aromatic rings. The molecule has 1 N–H and O–H groups in total. The number of hydrogen-bond acceptors (Lipinski definition) is 4. The van der Waals surface area contributed by atoms with Gasteiger partial charge in [0.05, 0.1) is 10.5 Å². The highest BCUT2D eigenvalue weighted by Gasteiger charge is 2.17. The van der Waals surface area contributed by atoms with Crippen molar-refractivity contribution in [1.82, 2.24) is 14.9 Å². The molecule has 1 saturated heterocycles. The summed E-state index contributed by atoms with van der Waals surface area (Å²) in [5.74, 6) is 1.50. The van der Waals surface area contributed by atoms with Crippen molar-refractivity contribution in [3.8, 4) is 11.4 Å². The predicted octanol–water partition coefficient (Wildman–Crippen LogP) is 4.37. The van der Waals surface area contributed by atoms with Crippen LogP contribution >= 0.6 is 11.6 Å². The zero-order chi connectivity index (χ0) is 18.6. The molecular formula is C21H21ClN4O. The molecule has 0 atom stereocenters. The molecule has 1 aliphatic heterocycles. The number of likely N-dealkylation sites (tertiary alicyclic amines) is 1. The fraction of sp³-hybridized carbons (Fsp3) is 0.286. The van der Waals surface area contributed by atoms with E-state index in [0.717, 1.165) is 48.2 Å². The van der Waals surface area contributed by atoms with Gasteiger partial charge in [-0.25, -0.2) is 9.97 Å². The normalized spacial score (nSPS) is 13.9. The number of aromatic nitrogens is 2. The van der Waals surface area contributed by atoms with Gasteiger partial charge in [0.1, 0.15) is 5.82 Å². The zero-order valence-electron chi connectivity index (χ0n) is 15.0. The van der Waals surface area contributed by atoms with Crippen LogP contribution in [0.3, 0.4) is 0 Å². The second-order valence-corrected chi connectivity index (χ2v) is 7.06. The molecule has 6 heteroatoms. The minimum Gasteiger partial charge on any atom is -0.369 e. The first kappa shape index (κ1) is 17.7. The molecule has 0 aliphatic carbocycles. The second kappa shape index (κ2) is 7.92. The highest BCUT2D eigenvalue weighted by Crippen LogP contribution is 2.29. The van der Waals surface area contributed by atoms with Crippen molar-refractivity contribution in [2.24, 2.45) is 0 Å². The first-order chi connectivity index (χ1) is 13.2. The van der Waals surface area contributed by atoms with E-state index in [1.54, 1.807) is 0 Å². The monoisotopic (exact) mass is 380 g/mol. The van der Waals surface area contributed by atoms with Crippen LogP contribution in [0.15, 0.2) is 48.5 Å². The summed E-state index contributed by atoms with van der Waals surface area (Å²) in [7, 11) is 0. The zero-order valence-corrected chi connectivity index (χ0v) is 15.7. The van der Waals surface area contributed by atoms with E-state index in [-0.39, 0.29) is 5.91 Å². The van der Waals surface area contributed by atoms with E-state index in [9.17, 15) is 4.79 Å². The largest absolute Gasteiger partial charge is 0.369 e. The molecule has 2 heterocycles. The van der Waals surface area contributed by atoms with Gasteiger partial charge in [0.25, 0.3) is 0 Å². The van der Waals surface area contributed by atoms with Crippen LogP contribution in [0.4, 0.5) is 5.82 Å². The third-order valence-electron chi connectivity index (χ3n) is 4.81. The number of fused-ring (bicyclic) bond motifs is 1. The Morgan fingerprint density at radius 1 is 1.04 bits per heavy atom.